The first-order chi connectivity index (χ1) is 30.3. The van der Waals surface area contributed by atoms with E-state index in [1.54, 1.807) is 0 Å². The number of rotatable bonds is 39. The molecule has 1 aliphatic heterocycles. The van der Waals surface area contributed by atoms with Crippen molar-refractivity contribution in [1.82, 2.24) is 0 Å². The molecule has 0 bridgehead atoms. The number of allylic oxidation sites excluding steroid dienone is 14. The molecule has 0 amide bonds. The Labute approximate surface area is 375 Å². The van der Waals surface area contributed by atoms with Gasteiger partial charge in [0.1, 0.15) is 31.0 Å². The number of ether oxygens (including phenoxy) is 4. The molecule has 354 valence electrons. The van der Waals surface area contributed by atoms with Crippen molar-refractivity contribution in [3.05, 3.63) is 85.1 Å². The van der Waals surface area contributed by atoms with Crippen LogP contribution in [-0.2, 0) is 28.5 Å². The SMILES string of the molecule is CC/C=C\C/C=C\C/C=C\C/C=C\C/C=C\CCCCCC(=O)OC(COC(=O)CCCCCCCCC/C=C\C/C=C\CCCCCC)COC1OC(CO)C(O)C(O)C1O. The number of hydrogen-bond donors (Lipinski definition) is 4. The fourth-order valence-electron chi connectivity index (χ4n) is 6.71. The van der Waals surface area contributed by atoms with E-state index in [4.69, 9.17) is 18.9 Å². The molecule has 0 aromatic carbocycles. The number of unbranched alkanes of at least 4 members (excludes halogenated alkanes) is 14. The molecule has 6 unspecified atom stereocenters. The summed E-state index contributed by atoms with van der Waals surface area (Å²) in [6.07, 6.45) is 47.2. The van der Waals surface area contributed by atoms with Gasteiger partial charge in [-0.05, 0) is 89.9 Å². The van der Waals surface area contributed by atoms with Crippen LogP contribution in [0.1, 0.15) is 174 Å². The molecule has 0 aromatic rings. The third-order valence-corrected chi connectivity index (χ3v) is 10.5. The summed E-state index contributed by atoms with van der Waals surface area (Å²) in [5.41, 5.74) is 0. The highest BCUT2D eigenvalue weighted by atomic mass is 16.7. The number of esters is 2. The molecule has 4 N–H and O–H groups in total. The second kappa shape index (κ2) is 41.9. The zero-order valence-electron chi connectivity index (χ0n) is 38.6. The van der Waals surface area contributed by atoms with Crippen molar-refractivity contribution in [3.8, 4) is 0 Å². The van der Waals surface area contributed by atoms with Crippen molar-refractivity contribution in [2.45, 2.75) is 211 Å². The van der Waals surface area contributed by atoms with Gasteiger partial charge in [0.15, 0.2) is 12.4 Å². The standard InChI is InChI=1S/C52H86O10/c1-3-5-7-9-11-13-15-17-19-21-23-25-27-29-31-33-35-37-39-41-48(55)61-45(44-60-52-51(58)50(57)49(56)46(42-53)62-52)43-59-47(54)40-38-36-34-32-30-28-26-24-22-20-18-16-14-12-10-8-6-4-2/h5,7,11,13-14,16-17,19-20,22-23,25,29,31,45-46,49-53,56-58H,3-4,6,8-10,12,15,18,21,24,26-28,30,32-44H2,1-2H3/b7-5-,13-11-,16-14-,19-17-,22-20-,25-23-,31-29-. The van der Waals surface area contributed by atoms with Crippen LogP contribution in [0.5, 0.6) is 0 Å². The van der Waals surface area contributed by atoms with Gasteiger partial charge in [-0.25, -0.2) is 0 Å². The molecule has 6 atom stereocenters. The van der Waals surface area contributed by atoms with E-state index in [9.17, 15) is 30.0 Å². The van der Waals surface area contributed by atoms with Gasteiger partial charge in [-0.15, -0.1) is 0 Å². The molecule has 0 radical (unpaired) electrons. The van der Waals surface area contributed by atoms with Gasteiger partial charge in [0, 0.05) is 12.8 Å². The molecule has 1 aliphatic rings. The normalized spacial score (nSPS) is 20.4. The molecule has 1 rings (SSSR count). The molecule has 10 nitrogen and oxygen atoms in total. The minimum absolute atomic E-state index is 0.184. The van der Waals surface area contributed by atoms with Gasteiger partial charge in [-0.2, -0.15) is 0 Å². The van der Waals surface area contributed by atoms with Crippen molar-refractivity contribution in [3.63, 3.8) is 0 Å². The van der Waals surface area contributed by atoms with E-state index in [2.05, 4.69) is 98.9 Å². The van der Waals surface area contributed by atoms with E-state index in [1.165, 1.54) is 51.4 Å². The van der Waals surface area contributed by atoms with Crippen LogP contribution in [0, 0.1) is 0 Å². The molecular formula is C52H86O10. The maximum absolute atomic E-state index is 12.8. The zero-order chi connectivity index (χ0) is 45.1. The van der Waals surface area contributed by atoms with Crippen LogP contribution in [0.3, 0.4) is 0 Å². The molecule has 1 fully saturated rings. The molecule has 0 aliphatic carbocycles. The molecule has 1 saturated heterocycles. The fourth-order valence-corrected chi connectivity index (χ4v) is 6.71. The van der Waals surface area contributed by atoms with E-state index in [0.29, 0.717) is 12.8 Å². The van der Waals surface area contributed by atoms with Gasteiger partial charge in [0.05, 0.1) is 13.2 Å². The lowest BCUT2D eigenvalue weighted by atomic mass is 9.99. The van der Waals surface area contributed by atoms with E-state index in [0.717, 1.165) is 83.5 Å². The number of aliphatic hydroxyl groups is 4. The largest absolute Gasteiger partial charge is 0.462 e. The Kier molecular flexibility index (Phi) is 38.4. The van der Waals surface area contributed by atoms with E-state index < -0.39 is 55.4 Å². The van der Waals surface area contributed by atoms with Gasteiger partial charge in [-0.1, -0.05) is 157 Å². The lowest BCUT2D eigenvalue weighted by Gasteiger charge is -2.39. The Hall–Kier alpha value is -3.12. The van der Waals surface area contributed by atoms with Gasteiger partial charge in [-0.3, -0.25) is 9.59 Å². The summed E-state index contributed by atoms with van der Waals surface area (Å²) in [5.74, 6) is -0.859. The summed E-state index contributed by atoms with van der Waals surface area (Å²) < 4.78 is 22.2. The van der Waals surface area contributed by atoms with Gasteiger partial charge in [0.25, 0.3) is 0 Å². The van der Waals surface area contributed by atoms with Crippen molar-refractivity contribution in [2.75, 3.05) is 19.8 Å². The Morgan fingerprint density at radius 1 is 0.516 bits per heavy atom. The van der Waals surface area contributed by atoms with Crippen molar-refractivity contribution in [2.24, 2.45) is 0 Å². The average molecular weight is 871 g/mol. The smallest absolute Gasteiger partial charge is 0.306 e. The second-order valence-corrected chi connectivity index (χ2v) is 16.2. The third kappa shape index (κ3) is 32.5. The Bertz CT molecular complexity index is 1280. The van der Waals surface area contributed by atoms with Crippen LogP contribution in [-0.4, -0.2) is 89.0 Å². The Morgan fingerprint density at radius 2 is 0.952 bits per heavy atom. The Morgan fingerprint density at radius 3 is 1.45 bits per heavy atom. The molecular weight excluding hydrogens is 785 g/mol. The predicted octanol–water partition coefficient (Wildman–Crippen LogP) is 10.9. The summed E-state index contributed by atoms with van der Waals surface area (Å²) >= 11 is 0. The topological polar surface area (TPSA) is 152 Å². The molecule has 1 heterocycles. The van der Waals surface area contributed by atoms with Gasteiger partial charge >= 0.3 is 11.9 Å². The van der Waals surface area contributed by atoms with E-state index in [1.807, 2.05) is 0 Å². The maximum Gasteiger partial charge on any atom is 0.306 e. The minimum atomic E-state index is -1.61. The maximum atomic E-state index is 12.8. The van der Waals surface area contributed by atoms with Crippen molar-refractivity contribution in [1.29, 1.82) is 0 Å². The number of carbonyl (C=O) groups is 2. The summed E-state index contributed by atoms with van der Waals surface area (Å²) in [5, 5.41) is 40.2. The predicted molar refractivity (Wildman–Crippen MR) is 251 cm³/mol. The highest BCUT2D eigenvalue weighted by molar-refractivity contribution is 5.70. The molecule has 10 heteroatoms. The van der Waals surface area contributed by atoms with Crippen LogP contribution in [0.2, 0.25) is 0 Å². The van der Waals surface area contributed by atoms with Crippen LogP contribution in [0.25, 0.3) is 0 Å². The number of hydrogen-bond acceptors (Lipinski definition) is 10. The Balaban J connectivity index is 2.34. The van der Waals surface area contributed by atoms with Crippen molar-refractivity contribution >= 4 is 11.9 Å². The van der Waals surface area contributed by atoms with Crippen LogP contribution in [0.15, 0.2) is 85.1 Å². The third-order valence-electron chi connectivity index (χ3n) is 10.5. The molecule has 0 saturated carbocycles. The van der Waals surface area contributed by atoms with E-state index >= 15 is 0 Å². The van der Waals surface area contributed by atoms with Crippen molar-refractivity contribution < 1.29 is 49.0 Å². The minimum Gasteiger partial charge on any atom is -0.462 e. The highest BCUT2D eigenvalue weighted by Gasteiger charge is 2.44. The lowest BCUT2D eigenvalue weighted by molar-refractivity contribution is -0.305. The highest BCUT2D eigenvalue weighted by Crippen LogP contribution is 2.22. The average Bonchev–Trinajstić information content (AvgIpc) is 3.27. The summed E-state index contributed by atoms with van der Waals surface area (Å²) in [4.78, 5) is 25.4. The quantitative estimate of drug-likeness (QED) is 0.0267. The van der Waals surface area contributed by atoms with Crippen LogP contribution in [0.4, 0.5) is 0 Å². The van der Waals surface area contributed by atoms with E-state index in [-0.39, 0.29) is 26.1 Å². The molecule has 62 heavy (non-hydrogen) atoms. The first kappa shape index (κ1) is 56.9. The van der Waals surface area contributed by atoms with Crippen LogP contribution >= 0.6 is 0 Å². The monoisotopic (exact) mass is 871 g/mol. The fraction of sp³-hybridized carbons (Fsp3) is 0.692. The molecule has 0 aromatic heterocycles. The second-order valence-electron chi connectivity index (χ2n) is 16.2. The number of aliphatic hydroxyl groups excluding tert-OH is 4. The van der Waals surface area contributed by atoms with Crippen LogP contribution < -0.4 is 0 Å². The van der Waals surface area contributed by atoms with Gasteiger partial charge < -0.3 is 39.4 Å². The summed E-state index contributed by atoms with van der Waals surface area (Å²) in [7, 11) is 0. The number of carbonyl (C=O) groups excluding carboxylic acids is 2. The first-order valence-electron chi connectivity index (χ1n) is 24.2. The lowest BCUT2D eigenvalue weighted by Crippen LogP contribution is -2.59. The summed E-state index contributed by atoms with van der Waals surface area (Å²) in [6, 6.07) is 0. The zero-order valence-corrected chi connectivity index (χ0v) is 38.6. The molecule has 0 spiro atoms. The first-order valence-corrected chi connectivity index (χ1v) is 24.2. The van der Waals surface area contributed by atoms with Gasteiger partial charge in [0.2, 0.25) is 0 Å². The summed E-state index contributed by atoms with van der Waals surface area (Å²) in [6.45, 7) is 3.24.